The Hall–Kier alpha value is -2.01. The van der Waals surface area contributed by atoms with Gasteiger partial charge in [-0.15, -0.1) is 0 Å². The van der Waals surface area contributed by atoms with E-state index in [1.807, 2.05) is 32.9 Å². The first-order chi connectivity index (χ1) is 11.2. The molecule has 0 unspecified atom stereocenters. The third-order valence-corrected chi connectivity index (χ3v) is 3.84. The molecule has 5 nitrogen and oxygen atoms in total. The maximum atomic E-state index is 12.6. The maximum Gasteiger partial charge on any atom is 0.414 e. The zero-order valence-corrected chi connectivity index (χ0v) is 15.1. The van der Waals surface area contributed by atoms with Crippen LogP contribution in [-0.2, 0) is 20.8 Å². The van der Waals surface area contributed by atoms with Gasteiger partial charge in [0.25, 0.3) is 0 Å². The minimum absolute atomic E-state index is 0.307. The fourth-order valence-corrected chi connectivity index (χ4v) is 2.49. The SMILES string of the molecule is COC(=O)C1=C(N(Cc2ccc(Cl)cc2)C(=O)OC(C)(C)C)CC1. The fraction of sp³-hybridized carbons (Fsp3) is 0.444. The Bertz CT molecular complexity index is 659. The summed E-state index contributed by atoms with van der Waals surface area (Å²) in [6.45, 7) is 5.73. The number of nitrogens with zero attached hydrogens (tertiary/aromatic N) is 1. The van der Waals surface area contributed by atoms with Crippen molar-refractivity contribution in [3.63, 3.8) is 0 Å². The fourth-order valence-electron chi connectivity index (χ4n) is 2.36. The highest BCUT2D eigenvalue weighted by Gasteiger charge is 2.33. The van der Waals surface area contributed by atoms with Gasteiger partial charge in [-0.25, -0.2) is 9.59 Å². The molecule has 1 aliphatic rings. The number of ether oxygens (including phenoxy) is 2. The molecular weight excluding hydrogens is 330 g/mol. The number of carbonyl (C=O) groups excluding carboxylic acids is 2. The van der Waals surface area contributed by atoms with E-state index in [-0.39, 0.29) is 0 Å². The number of methoxy groups -OCH3 is 1. The molecule has 24 heavy (non-hydrogen) atoms. The van der Waals surface area contributed by atoms with Crippen molar-refractivity contribution in [1.29, 1.82) is 0 Å². The van der Waals surface area contributed by atoms with E-state index in [2.05, 4.69) is 0 Å². The summed E-state index contributed by atoms with van der Waals surface area (Å²) in [5.74, 6) is -0.402. The standard InChI is InChI=1S/C18H22ClNO4/c1-18(2,3)24-17(22)20(11-12-5-7-13(19)8-6-12)15-10-9-14(15)16(21)23-4/h5-8H,9-11H2,1-4H3. The predicted molar refractivity (Wildman–Crippen MR) is 91.5 cm³/mol. The topological polar surface area (TPSA) is 55.8 Å². The molecule has 0 aliphatic heterocycles. The first-order valence-corrected chi connectivity index (χ1v) is 8.14. The number of halogens is 1. The van der Waals surface area contributed by atoms with Crippen LogP contribution in [0.5, 0.6) is 0 Å². The van der Waals surface area contributed by atoms with Crippen molar-refractivity contribution in [2.75, 3.05) is 7.11 Å². The van der Waals surface area contributed by atoms with Gasteiger partial charge in [0.1, 0.15) is 5.60 Å². The number of allylic oxidation sites excluding steroid dienone is 1. The van der Waals surface area contributed by atoms with Gasteiger partial charge in [-0.3, -0.25) is 4.90 Å². The molecule has 0 bridgehead atoms. The van der Waals surface area contributed by atoms with Crippen molar-refractivity contribution in [2.45, 2.75) is 45.8 Å². The van der Waals surface area contributed by atoms with Gasteiger partial charge >= 0.3 is 12.1 Å². The Morgan fingerprint density at radius 1 is 1.17 bits per heavy atom. The number of rotatable bonds is 4. The Kier molecular flexibility index (Phi) is 5.54. The summed E-state index contributed by atoms with van der Waals surface area (Å²) in [7, 11) is 1.34. The molecule has 0 aromatic heterocycles. The van der Waals surface area contributed by atoms with Crippen LogP contribution in [0.2, 0.25) is 5.02 Å². The zero-order valence-electron chi connectivity index (χ0n) is 14.4. The Balaban J connectivity index is 2.30. The summed E-state index contributed by atoms with van der Waals surface area (Å²) in [6, 6.07) is 7.22. The van der Waals surface area contributed by atoms with Crippen molar-refractivity contribution >= 4 is 23.7 Å². The number of esters is 1. The van der Waals surface area contributed by atoms with Crippen LogP contribution in [0.3, 0.4) is 0 Å². The third kappa shape index (κ3) is 4.51. The Labute approximate surface area is 147 Å². The normalized spacial score (nSPS) is 14.0. The molecule has 0 spiro atoms. The molecule has 0 radical (unpaired) electrons. The number of benzene rings is 1. The second-order valence-corrected chi connectivity index (χ2v) is 7.05. The number of carbonyl (C=O) groups is 2. The zero-order chi connectivity index (χ0) is 17.9. The summed E-state index contributed by atoms with van der Waals surface area (Å²) in [5, 5.41) is 0.626. The van der Waals surface area contributed by atoms with Gasteiger partial charge in [0.05, 0.1) is 19.2 Å². The van der Waals surface area contributed by atoms with Crippen LogP contribution in [-0.4, -0.2) is 29.7 Å². The number of hydrogen-bond donors (Lipinski definition) is 0. The average Bonchev–Trinajstić information content (AvgIpc) is 2.45. The lowest BCUT2D eigenvalue weighted by Gasteiger charge is -2.34. The van der Waals surface area contributed by atoms with Crippen LogP contribution in [0.1, 0.15) is 39.2 Å². The minimum Gasteiger partial charge on any atom is -0.466 e. The summed E-state index contributed by atoms with van der Waals surface area (Å²) < 4.78 is 10.3. The van der Waals surface area contributed by atoms with Gasteiger partial charge in [-0.2, -0.15) is 0 Å². The van der Waals surface area contributed by atoms with Gasteiger partial charge in [-0.1, -0.05) is 23.7 Å². The lowest BCUT2D eigenvalue weighted by Crippen LogP contribution is -2.39. The van der Waals surface area contributed by atoms with Crippen LogP contribution in [0.25, 0.3) is 0 Å². The highest BCUT2D eigenvalue weighted by Crippen LogP contribution is 2.33. The molecule has 0 N–H and O–H groups in total. The average molecular weight is 352 g/mol. The second-order valence-electron chi connectivity index (χ2n) is 6.61. The molecule has 1 aromatic rings. The molecule has 0 saturated carbocycles. The van der Waals surface area contributed by atoms with Crippen molar-refractivity contribution in [1.82, 2.24) is 4.90 Å². The molecule has 1 aliphatic carbocycles. The minimum atomic E-state index is -0.620. The molecule has 0 atom stereocenters. The van der Waals surface area contributed by atoms with E-state index >= 15 is 0 Å². The first-order valence-electron chi connectivity index (χ1n) is 7.76. The van der Waals surface area contributed by atoms with Gasteiger partial charge in [0.15, 0.2) is 0 Å². The van der Waals surface area contributed by atoms with Gasteiger partial charge in [-0.05, 0) is 51.3 Å². The van der Waals surface area contributed by atoms with Crippen LogP contribution >= 0.6 is 11.6 Å². The van der Waals surface area contributed by atoms with E-state index in [1.165, 1.54) is 12.0 Å². The largest absolute Gasteiger partial charge is 0.466 e. The second kappa shape index (κ2) is 7.26. The molecule has 0 fully saturated rings. The Morgan fingerprint density at radius 2 is 1.79 bits per heavy atom. The first kappa shape index (κ1) is 18.3. The van der Waals surface area contributed by atoms with E-state index in [4.69, 9.17) is 21.1 Å². The van der Waals surface area contributed by atoms with Crippen molar-refractivity contribution in [3.8, 4) is 0 Å². The summed E-state index contributed by atoms with van der Waals surface area (Å²) in [4.78, 5) is 26.0. The van der Waals surface area contributed by atoms with Gasteiger partial charge in [0.2, 0.25) is 0 Å². The van der Waals surface area contributed by atoms with Gasteiger partial charge < -0.3 is 9.47 Å². The highest BCUT2D eigenvalue weighted by atomic mass is 35.5. The van der Waals surface area contributed by atoms with E-state index in [0.717, 1.165) is 5.56 Å². The molecule has 0 saturated heterocycles. The summed E-state index contributed by atoms with van der Waals surface area (Å²) in [5.41, 5.74) is 1.46. The van der Waals surface area contributed by atoms with Crippen LogP contribution in [0, 0.1) is 0 Å². The lowest BCUT2D eigenvalue weighted by molar-refractivity contribution is -0.136. The monoisotopic (exact) mass is 351 g/mol. The smallest absolute Gasteiger partial charge is 0.414 e. The highest BCUT2D eigenvalue weighted by molar-refractivity contribution is 6.30. The molecule has 0 heterocycles. The van der Waals surface area contributed by atoms with Crippen molar-refractivity contribution in [2.24, 2.45) is 0 Å². The third-order valence-electron chi connectivity index (χ3n) is 3.59. The summed E-state index contributed by atoms with van der Waals surface area (Å²) >= 11 is 5.91. The molecule has 2 rings (SSSR count). The molecule has 6 heteroatoms. The number of hydrogen-bond acceptors (Lipinski definition) is 4. The van der Waals surface area contributed by atoms with Crippen molar-refractivity contribution < 1.29 is 19.1 Å². The lowest BCUT2D eigenvalue weighted by atomic mass is 9.93. The quantitative estimate of drug-likeness (QED) is 0.759. The maximum absolute atomic E-state index is 12.6. The van der Waals surface area contributed by atoms with E-state index in [0.29, 0.717) is 35.7 Å². The molecule has 1 amide bonds. The van der Waals surface area contributed by atoms with Crippen LogP contribution in [0.4, 0.5) is 4.79 Å². The van der Waals surface area contributed by atoms with E-state index in [1.54, 1.807) is 12.1 Å². The molecule has 130 valence electrons. The Morgan fingerprint density at radius 3 is 2.25 bits per heavy atom. The molecule has 1 aromatic carbocycles. The van der Waals surface area contributed by atoms with Crippen molar-refractivity contribution in [3.05, 3.63) is 46.1 Å². The van der Waals surface area contributed by atoms with Crippen LogP contribution < -0.4 is 0 Å². The predicted octanol–water partition coefficient (Wildman–Crippen LogP) is 4.30. The summed E-state index contributed by atoms with van der Waals surface area (Å²) in [6.07, 6.45) is 0.757. The van der Waals surface area contributed by atoms with E-state index in [9.17, 15) is 9.59 Å². The van der Waals surface area contributed by atoms with E-state index < -0.39 is 17.7 Å². The van der Waals surface area contributed by atoms with Crippen LogP contribution in [0.15, 0.2) is 35.5 Å². The molecular formula is C18H22ClNO4. The number of amides is 1. The van der Waals surface area contributed by atoms with Gasteiger partial charge in [0, 0.05) is 10.7 Å².